The zero-order chi connectivity index (χ0) is 17.7. The molecule has 1 amide bonds. The van der Waals surface area contributed by atoms with Crippen LogP contribution in [-0.4, -0.2) is 43.7 Å². The van der Waals surface area contributed by atoms with Crippen LogP contribution in [0.25, 0.3) is 0 Å². The molecule has 0 saturated heterocycles. The first-order valence-corrected chi connectivity index (χ1v) is 10.7. The molecule has 0 radical (unpaired) electrons. The smallest absolute Gasteiger partial charge is 0.252 e. The van der Waals surface area contributed by atoms with Crippen LogP contribution in [0.15, 0.2) is 29.2 Å². The quantitative estimate of drug-likeness (QED) is 0.730. The van der Waals surface area contributed by atoms with Gasteiger partial charge < -0.3 is 10.2 Å². The maximum Gasteiger partial charge on any atom is 0.252 e. The first kappa shape index (κ1) is 18.8. The molecule has 1 aromatic carbocycles. The van der Waals surface area contributed by atoms with Crippen molar-refractivity contribution in [3.63, 3.8) is 0 Å². The van der Waals surface area contributed by atoms with Gasteiger partial charge in [-0.3, -0.25) is 4.79 Å². The highest BCUT2D eigenvalue weighted by atomic mass is 32.2. The molecule has 3 nitrogen and oxygen atoms in total. The van der Waals surface area contributed by atoms with E-state index in [-0.39, 0.29) is 5.91 Å². The van der Waals surface area contributed by atoms with Gasteiger partial charge in [0.05, 0.1) is 5.56 Å². The van der Waals surface area contributed by atoms with E-state index >= 15 is 0 Å². The number of nitrogens with one attached hydrogen (secondary N) is 1. The minimum absolute atomic E-state index is 0.107. The van der Waals surface area contributed by atoms with E-state index in [2.05, 4.69) is 30.4 Å². The van der Waals surface area contributed by atoms with Gasteiger partial charge in [0.1, 0.15) is 0 Å². The fourth-order valence-corrected chi connectivity index (χ4v) is 5.72. The molecule has 25 heavy (non-hydrogen) atoms. The number of amides is 1. The summed E-state index contributed by atoms with van der Waals surface area (Å²) in [6.07, 6.45) is 9.41. The molecule has 2 aliphatic carbocycles. The number of carbonyl (C=O) groups is 1. The third kappa shape index (κ3) is 5.01. The molecule has 138 valence electrons. The minimum Gasteiger partial charge on any atom is -0.351 e. The number of hydrogen-bond acceptors (Lipinski definition) is 3. The van der Waals surface area contributed by atoms with Crippen LogP contribution in [0.3, 0.4) is 0 Å². The average Bonchev–Trinajstić information content (AvgIpc) is 2.60. The lowest BCUT2D eigenvalue weighted by Crippen LogP contribution is -2.43. The Kier molecular flexibility index (Phi) is 6.45. The van der Waals surface area contributed by atoms with Crippen molar-refractivity contribution in [2.24, 2.45) is 11.3 Å². The summed E-state index contributed by atoms with van der Waals surface area (Å²) in [6.45, 7) is 1.88. The Bertz CT molecular complexity index is 577. The zero-order valence-corrected chi connectivity index (χ0v) is 16.5. The van der Waals surface area contributed by atoms with Gasteiger partial charge in [0.15, 0.2) is 0 Å². The van der Waals surface area contributed by atoms with Crippen LogP contribution in [0, 0.1) is 11.3 Å². The summed E-state index contributed by atoms with van der Waals surface area (Å²) in [5.41, 5.74) is 1.22. The van der Waals surface area contributed by atoms with E-state index in [1.807, 2.05) is 18.2 Å². The van der Waals surface area contributed by atoms with Gasteiger partial charge in [-0.25, -0.2) is 0 Å². The van der Waals surface area contributed by atoms with E-state index in [1.165, 1.54) is 44.9 Å². The van der Waals surface area contributed by atoms with Gasteiger partial charge in [0.2, 0.25) is 0 Å². The van der Waals surface area contributed by atoms with Gasteiger partial charge in [-0.15, -0.1) is 11.8 Å². The van der Waals surface area contributed by atoms with Crippen LogP contribution >= 0.6 is 11.8 Å². The first-order chi connectivity index (χ1) is 12.1. The third-order valence-corrected chi connectivity index (χ3v) is 6.97. The van der Waals surface area contributed by atoms with Crippen molar-refractivity contribution in [2.45, 2.75) is 49.8 Å². The highest BCUT2D eigenvalue weighted by Gasteiger charge is 2.39. The molecule has 2 saturated carbocycles. The van der Waals surface area contributed by atoms with Crippen LogP contribution in [0.1, 0.15) is 55.3 Å². The molecule has 0 atom stereocenters. The molecule has 3 rings (SSSR count). The number of thioether (sulfide) groups is 1. The van der Waals surface area contributed by atoms with Gasteiger partial charge in [0, 0.05) is 23.7 Å². The number of nitrogens with zero attached hydrogens (tertiary/aromatic N) is 1. The fraction of sp³-hybridized carbons (Fsp3) is 0.667. The van der Waals surface area contributed by atoms with Crippen molar-refractivity contribution in [1.29, 1.82) is 0 Å². The maximum atomic E-state index is 12.8. The van der Waals surface area contributed by atoms with E-state index in [9.17, 15) is 4.79 Å². The van der Waals surface area contributed by atoms with Crippen LogP contribution < -0.4 is 5.32 Å². The van der Waals surface area contributed by atoms with Crippen molar-refractivity contribution < 1.29 is 4.79 Å². The number of carbonyl (C=O) groups excluding carboxylic acids is 1. The van der Waals surface area contributed by atoms with Gasteiger partial charge in [0.25, 0.3) is 5.91 Å². The topological polar surface area (TPSA) is 32.3 Å². The molecule has 1 aromatic rings. The van der Waals surface area contributed by atoms with E-state index in [0.29, 0.717) is 5.41 Å². The Balaban J connectivity index is 1.59. The molecule has 2 fully saturated rings. The van der Waals surface area contributed by atoms with Crippen molar-refractivity contribution >= 4 is 17.7 Å². The Labute approximate surface area is 156 Å². The summed E-state index contributed by atoms with van der Waals surface area (Å²) in [7, 11) is 4.17. The molecule has 0 spiro atoms. The number of benzene rings is 1. The Morgan fingerprint density at radius 2 is 1.96 bits per heavy atom. The fourth-order valence-electron chi connectivity index (χ4n) is 4.55. The van der Waals surface area contributed by atoms with Gasteiger partial charge in [-0.1, -0.05) is 37.8 Å². The summed E-state index contributed by atoms with van der Waals surface area (Å²) < 4.78 is 0. The van der Waals surface area contributed by atoms with Gasteiger partial charge in [-0.05, 0) is 56.8 Å². The van der Waals surface area contributed by atoms with Gasteiger partial charge >= 0.3 is 0 Å². The predicted octanol–water partition coefficient (Wildman–Crippen LogP) is 4.43. The maximum absolute atomic E-state index is 12.8. The summed E-state index contributed by atoms with van der Waals surface area (Å²) in [5, 5.41) is 3.29. The Hall–Kier alpha value is -1.00. The standard InChI is InChI=1S/C21H32N2OS/c1-23(2)13-14-25-19-10-4-3-9-18(19)20(24)22-16-21-11-5-7-17(15-21)8-6-12-21/h3-4,9-10,17H,5-8,11-16H2,1-2H3,(H,22,24). The van der Waals surface area contributed by atoms with Crippen molar-refractivity contribution in [3.8, 4) is 0 Å². The van der Waals surface area contributed by atoms with E-state index < -0.39 is 0 Å². The first-order valence-electron chi connectivity index (χ1n) is 9.73. The number of fused-ring (bicyclic) bond motifs is 2. The van der Waals surface area contributed by atoms with Crippen molar-refractivity contribution in [3.05, 3.63) is 29.8 Å². The molecule has 4 heteroatoms. The Morgan fingerprint density at radius 3 is 2.68 bits per heavy atom. The number of rotatable bonds is 7. The highest BCUT2D eigenvalue weighted by Crippen LogP contribution is 2.48. The Morgan fingerprint density at radius 1 is 1.24 bits per heavy atom. The molecule has 2 bridgehead atoms. The SMILES string of the molecule is CN(C)CCSc1ccccc1C(=O)NCC12CCCC(CCC1)C2. The van der Waals surface area contributed by atoms with Crippen LogP contribution in [-0.2, 0) is 0 Å². The summed E-state index contributed by atoms with van der Waals surface area (Å²) in [6, 6.07) is 8.04. The molecular weight excluding hydrogens is 328 g/mol. The van der Waals surface area contributed by atoms with Crippen molar-refractivity contribution in [2.75, 3.05) is 32.9 Å². The second-order valence-electron chi connectivity index (χ2n) is 8.19. The largest absolute Gasteiger partial charge is 0.351 e. The van der Waals surface area contributed by atoms with E-state index in [1.54, 1.807) is 11.8 Å². The molecule has 0 aromatic heterocycles. The summed E-state index contributed by atoms with van der Waals surface area (Å²) >= 11 is 1.78. The number of hydrogen-bond donors (Lipinski definition) is 1. The second-order valence-corrected chi connectivity index (χ2v) is 9.32. The van der Waals surface area contributed by atoms with Crippen LogP contribution in [0.4, 0.5) is 0 Å². The molecule has 0 unspecified atom stereocenters. The zero-order valence-electron chi connectivity index (χ0n) is 15.7. The second kappa shape index (κ2) is 8.59. The van der Waals surface area contributed by atoms with Crippen LogP contribution in [0.2, 0.25) is 0 Å². The molecule has 0 aliphatic heterocycles. The lowest BCUT2D eigenvalue weighted by molar-refractivity contribution is 0.0680. The normalized spacial score (nSPS) is 25.8. The molecular formula is C21H32N2OS. The lowest BCUT2D eigenvalue weighted by atomic mass is 9.62. The van der Waals surface area contributed by atoms with E-state index in [0.717, 1.165) is 35.2 Å². The molecule has 1 N–H and O–H groups in total. The average molecular weight is 361 g/mol. The van der Waals surface area contributed by atoms with Crippen LogP contribution in [0.5, 0.6) is 0 Å². The summed E-state index contributed by atoms with van der Waals surface area (Å²) in [5.74, 6) is 2.02. The minimum atomic E-state index is 0.107. The lowest BCUT2D eigenvalue weighted by Gasteiger charge is -2.45. The van der Waals surface area contributed by atoms with Crippen molar-refractivity contribution in [1.82, 2.24) is 10.2 Å². The molecule has 0 heterocycles. The monoisotopic (exact) mass is 360 g/mol. The molecule has 2 aliphatic rings. The predicted molar refractivity (Wildman–Crippen MR) is 106 cm³/mol. The third-order valence-electron chi connectivity index (χ3n) is 5.91. The van der Waals surface area contributed by atoms with Gasteiger partial charge in [-0.2, -0.15) is 0 Å². The van der Waals surface area contributed by atoms with E-state index in [4.69, 9.17) is 0 Å². The highest BCUT2D eigenvalue weighted by molar-refractivity contribution is 7.99. The summed E-state index contributed by atoms with van der Waals surface area (Å²) in [4.78, 5) is 16.1.